The fourth-order valence-corrected chi connectivity index (χ4v) is 12.0. The van der Waals surface area contributed by atoms with Gasteiger partial charge in [-0.2, -0.15) is 0 Å². The molecule has 0 aromatic rings. The molecule has 7 heteroatoms. The summed E-state index contributed by atoms with van der Waals surface area (Å²) in [6, 6.07) is 0. The summed E-state index contributed by atoms with van der Waals surface area (Å²) in [5.74, 6) is 0. The molecule has 0 spiro atoms. The van der Waals surface area contributed by atoms with Gasteiger partial charge in [-0.1, -0.05) is 396 Å². The van der Waals surface area contributed by atoms with Gasteiger partial charge >= 0.3 is 17.1 Å². The molecule has 0 bridgehead atoms. The first-order chi connectivity index (χ1) is 37.4. The van der Waals surface area contributed by atoms with E-state index in [-0.39, 0.29) is 17.1 Å². The number of unbranched alkanes of at least 4 members (excludes halogenated alkanes) is 56. The normalized spacial score (nSPS) is 11.2. The van der Waals surface area contributed by atoms with Crippen molar-refractivity contribution in [3.05, 3.63) is 0 Å². The Balaban J connectivity index is -0.00000140. The molecule has 77 heavy (non-hydrogen) atoms. The second-order valence-corrected chi connectivity index (χ2v) is 26.4. The molecule has 0 aliphatic carbocycles. The van der Waals surface area contributed by atoms with E-state index < -0.39 is 0 Å². The van der Waals surface area contributed by atoms with Crippen molar-refractivity contribution in [1.82, 2.24) is 9.80 Å². The molecule has 0 heterocycles. The van der Waals surface area contributed by atoms with Crippen molar-refractivity contribution < 1.29 is 17.1 Å². The van der Waals surface area contributed by atoms with Crippen LogP contribution in [0.25, 0.3) is 0 Å². The first kappa shape index (κ1) is 82.0. The van der Waals surface area contributed by atoms with E-state index in [1.165, 1.54) is 385 Å². The molecule has 2 nitrogen and oxygen atoms in total. The van der Waals surface area contributed by atoms with Crippen LogP contribution in [-0.4, -0.2) is 44.6 Å². The van der Waals surface area contributed by atoms with Gasteiger partial charge in [0, 0.05) is 26.2 Å². The minimum absolute atomic E-state index is 0. The second kappa shape index (κ2) is 74.8. The summed E-state index contributed by atoms with van der Waals surface area (Å²) in [6.07, 6.45) is 85.0. The van der Waals surface area contributed by atoms with Crippen molar-refractivity contribution in [1.29, 1.82) is 0 Å². The van der Waals surface area contributed by atoms with Crippen LogP contribution in [0.4, 0.5) is 0 Å². The zero-order chi connectivity index (χ0) is 55.6. The fraction of sp³-hybridized carbons (Fsp3) is 0.971. The summed E-state index contributed by atoms with van der Waals surface area (Å²) in [5, 5.41) is 0. The third-order valence-electron chi connectivity index (χ3n) is 16.6. The van der Waals surface area contributed by atoms with E-state index >= 15 is 0 Å². The van der Waals surface area contributed by atoms with Gasteiger partial charge in [0.2, 0.25) is 0 Å². The summed E-state index contributed by atoms with van der Waals surface area (Å²) in [4.78, 5) is 4.60. The number of nitrogens with zero attached hydrogens (tertiary/aromatic N) is 2. The molecular weight excluding hydrogens is 1060 g/mol. The average molecular weight is 1200 g/mol. The van der Waals surface area contributed by atoms with Crippen molar-refractivity contribution in [2.45, 2.75) is 413 Å². The molecule has 0 aromatic carbocycles. The van der Waals surface area contributed by atoms with Crippen molar-refractivity contribution in [2.75, 3.05) is 26.2 Å². The largest absolute Gasteiger partial charge is 2.00 e. The monoisotopic (exact) mass is 1200 g/mol. The van der Waals surface area contributed by atoms with Crippen molar-refractivity contribution >= 4 is 58.3 Å². The Morgan fingerprint density at radius 3 is 0.377 bits per heavy atom. The first-order valence-corrected chi connectivity index (χ1v) is 37.0. The second-order valence-electron chi connectivity index (χ2n) is 24.3. The third kappa shape index (κ3) is 72.8. The number of rotatable bonds is 64. The number of thiocarbonyl (C=S) groups is 2. The summed E-state index contributed by atoms with van der Waals surface area (Å²) in [7, 11) is 0. The number of hydrogen-bond acceptors (Lipinski definition) is 4. The predicted molar refractivity (Wildman–Crippen MR) is 363 cm³/mol. The van der Waals surface area contributed by atoms with Crippen LogP contribution in [0.1, 0.15) is 413 Å². The Morgan fingerprint density at radius 1 is 0.195 bits per heavy atom. The molecule has 0 saturated carbocycles. The molecule has 0 aromatic heterocycles. The van der Waals surface area contributed by atoms with Crippen molar-refractivity contribution in [2.24, 2.45) is 0 Å². The maximum absolute atomic E-state index is 5.37. The van der Waals surface area contributed by atoms with Gasteiger partial charge in [0.25, 0.3) is 0 Å². The van der Waals surface area contributed by atoms with E-state index in [0.29, 0.717) is 8.64 Å². The van der Waals surface area contributed by atoms with Gasteiger partial charge in [0.1, 0.15) is 0 Å². The van der Waals surface area contributed by atoms with Gasteiger partial charge in [-0.15, -0.1) is 0 Å². The molecular formula is C70H140CuN2S4. The Kier molecular flexibility index (Phi) is 79.6. The Bertz CT molecular complexity index is 928. The molecule has 1 radical (unpaired) electrons. The SMILES string of the molecule is CCCCCCCCCCCCCCCCCN(CCCCCCCCCCCCCCCCC)C(=S)[S-].CCCCCCCCCCCCCCCCCN(CCCCCCCCCCCCCCCCC)C(=S)[S-].[Cu+2]. The van der Waals surface area contributed by atoms with Gasteiger partial charge in [-0.3, -0.25) is 0 Å². The molecule has 0 unspecified atom stereocenters. The Morgan fingerprint density at radius 2 is 0.286 bits per heavy atom. The van der Waals surface area contributed by atoms with Crippen LogP contribution in [0.5, 0.6) is 0 Å². The molecule has 0 atom stereocenters. The molecule has 0 aliphatic heterocycles. The average Bonchev–Trinajstić information content (AvgIpc) is 3.41. The summed E-state index contributed by atoms with van der Waals surface area (Å²) < 4.78 is 1.39. The van der Waals surface area contributed by atoms with Crippen LogP contribution in [0.2, 0.25) is 0 Å². The van der Waals surface area contributed by atoms with Gasteiger partial charge in [0.05, 0.1) is 0 Å². The van der Waals surface area contributed by atoms with Crippen LogP contribution in [-0.2, 0) is 42.3 Å². The maximum atomic E-state index is 5.37. The van der Waals surface area contributed by atoms with Gasteiger partial charge in [0.15, 0.2) is 0 Å². The molecule has 0 aliphatic rings. The Hall–Kier alpha value is 0.739. The van der Waals surface area contributed by atoms with Crippen LogP contribution < -0.4 is 0 Å². The van der Waals surface area contributed by atoms with Gasteiger partial charge in [-0.05, 0) is 25.7 Å². The van der Waals surface area contributed by atoms with E-state index in [9.17, 15) is 0 Å². The summed E-state index contributed by atoms with van der Waals surface area (Å²) >= 11 is 21.5. The Labute approximate surface area is 520 Å². The number of hydrogen-bond donors (Lipinski definition) is 0. The van der Waals surface area contributed by atoms with E-state index in [4.69, 9.17) is 49.7 Å². The van der Waals surface area contributed by atoms with Gasteiger partial charge < -0.3 is 59.5 Å². The van der Waals surface area contributed by atoms with E-state index in [1.54, 1.807) is 0 Å². The standard InChI is InChI=1S/2C35H71NS2.Cu/c2*1-3-5-7-9-11-13-15-17-19-21-23-25-27-29-31-33-36(35(37)38)34-32-30-28-26-24-22-20-18-16-14-12-10-8-6-4-2;/h2*3-34H2,1-2H3,(H,37,38);/q;;+2/p-2. The quantitative estimate of drug-likeness (QED) is 0.0257. The van der Waals surface area contributed by atoms with Gasteiger partial charge in [-0.25, -0.2) is 0 Å². The van der Waals surface area contributed by atoms with E-state index in [2.05, 4.69) is 37.5 Å². The molecule has 0 saturated heterocycles. The smallest absolute Gasteiger partial charge is 0.411 e. The molecule has 0 N–H and O–H groups in total. The zero-order valence-electron chi connectivity index (χ0n) is 53.1. The van der Waals surface area contributed by atoms with Crippen molar-refractivity contribution in [3.63, 3.8) is 0 Å². The maximum Gasteiger partial charge on any atom is 2.00 e. The van der Waals surface area contributed by atoms with Crippen LogP contribution in [0.3, 0.4) is 0 Å². The third-order valence-corrected chi connectivity index (χ3v) is 17.7. The van der Waals surface area contributed by atoms with Crippen LogP contribution in [0, 0.1) is 0 Å². The topological polar surface area (TPSA) is 6.48 Å². The van der Waals surface area contributed by atoms with E-state index in [1.807, 2.05) is 0 Å². The molecule has 0 fully saturated rings. The summed E-state index contributed by atoms with van der Waals surface area (Å²) in [6.45, 7) is 13.5. The molecule has 0 amide bonds. The molecule has 0 rings (SSSR count). The van der Waals surface area contributed by atoms with Crippen LogP contribution >= 0.6 is 24.4 Å². The molecule has 465 valence electrons. The summed E-state index contributed by atoms with van der Waals surface area (Å²) in [5.41, 5.74) is 0. The van der Waals surface area contributed by atoms with Crippen LogP contribution in [0.15, 0.2) is 0 Å². The van der Waals surface area contributed by atoms with Crippen molar-refractivity contribution in [3.8, 4) is 0 Å². The zero-order valence-corrected chi connectivity index (χ0v) is 57.3. The first-order valence-electron chi connectivity index (χ1n) is 35.4. The fourth-order valence-electron chi connectivity index (χ4n) is 11.3. The predicted octanol–water partition coefficient (Wildman–Crippen LogP) is 25.7. The minimum atomic E-state index is 0. The van der Waals surface area contributed by atoms with E-state index in [0.717, 1.165) is 26.2 Å². The minimum Gasteiger partial charge on any atom is -0.411 e.